The first kappa shape index (κ1) is 9.56. The van der Waals surface area contributed by atoms with Crippen molar-refractivity contribution in [3.8, 4) is 0 Å². The summed E-state index contributed by atoms with van der Waals surface area (Å²) >= 11 is 0. The summed E-state index contributed by atoms with van der Waals surface area (Å²) in [6.07, 6.45) is -0.687. The highest BCUT2D eigenvalue weighted by molar-refractivity contribution is 5.81. The Labute approximate surface area is 71.4 Å². The summed E-state index contributed by atoms with van der Waals surface area (Å²) < 4.78 is 36.2. The Bertz CT molecular complexity index is 280. The molecule has 0 aromatic carbocycles. The third kappa shape index (κ3) is 2.77. The molecular formula is C6H6F3N3O. The van der Waals surface area contributed by atoms with E-state index >= 15 is 0 Å². The number of aromatic nitrogens is 2. The van der Waals surface area contributed by atoms with Crippen molar-refractivity contribution in [3.05, 3.63) is 18.7 Å². The van der Waals surface area contributed by atoms with Crippen LogP contribution in [0.5, 0.6) is 0 Å². The zero-order valence-corrected chi connectivity index (χ0v) is 6.38. The average Bonchev–Trinajstić information content (AvgIpc) is 2.50. The lowest BCUT2D eigenvalue weighted by atomic mass is 10.6. The monoisotopic (exact) mass is 193 g/mol. The average molecular weight is 193 g/mol. The minimum Gasteiger partial charge on any atom is -0.330 e. The number of rotatable bonds is 2. The number of nitrogens with zero attached hydrogens (tertiary/aromatic N) is 2. The van der Waals surface area contributed by atoms with E-state index in [1.807, 2.05) is 0 Å². The van der Waals surface area contributed by atoms with Gasteiger partial charge in [-0.2, -0.15) is 13.2 Å². The van der Waals surface area contributed by atoms with E-state index < -0.39 is 12.1 Å². The molecule has 0 spiro atoms. The molecule has 1 rings (SSSR count). The highest BCUT2D eigenvalue weighted by Gasteiger charge is 2.38. The van der Waals surface area contributed by atoms with E-state index in [-0.39, 0.29) is 6.67 Å². The fourth-order valence-electron chi connectivity index (χ4n) is 0.644. The number of hydrogen-bond acceptors (Lipinski definition) is 2. The van der Waals surface area contributed by atoms with Crippen molar-refractivity contribution in [1.29, 1.82) is 0 Å². The number of carbonyl (C=O) groups is 1. The molecule has 13 heavy (non-hydrogen) atoms. The number of nitrogens with one attached hydrogen (secondary N) is 1. The van der Waals surface area contributed by atoms with Crippen LogP contribution in [0, 0.1) is 0 Å². The Hall–Kier alpha value is -1.53. The normalized spacial score (nSPS) is 11.3. The predicted octanol–water partition coefficient (Wildman–Crippen LogP) is 0.519. The molecule has 0 unspecified atom stereocenters. The van der Waals surface area contributed by atoms with Crippen LogP contribution in [0.2, 0.25) is 0 Å². The minimum absolute atomic E-state index is 0.238. The first-order valence-electron chi connectivity index (χ1n) is 3.31. The Morgan fingerprint density at radius 3 is 2.69 bits per heavy atom. The van der Waals surface area contributed by atoms with Crippen LogP contribution in [0.3, 0.4) is 0 Å². The molecule has 0 aliphatic carbocycles. The zero-order valence-electron chi connectivity index (χ0n) is 6.38. The van der Waals surface area contributed by atoms with Gasteiger partial charge in [0, 0.05) is 12.4 Å². The summed E-state index contributed by atoms with van der Waals surface area (Å²) in [7, 11) is 0. The molecule has 0 radical (unpaired) electrons. The Morgan fingerprint density at radius 2 is 2.23 bits per heavy atom. The molecule has 7 heteroatoms. The molecule has 1 aromatic rings. The first-order valence-corrected chi connectivity index (χ1v) is 3.31. The number of halogens is 3. The number of carbonyl (C=O) groups excluding carboxylic acids is 1. The van der Waals surface area contributed by atoms with Crippen molar-refractivity contribution in [2.24, 2.45) is 0 Å². The van der Waals surface area contributed by atoms with E-state index in [0.717, 1.165) is 0 Å². The van der Waals surface area contributed by atoms with Crippen LogP contribution in [-0.2, 0) is 11.5 Å². The molecule has 0 aliphatic rings. The van der Waals surface area contributed by atoms with Crippen molar-refractivity contribution >= 4 is 5.91 Å². The molecule has 0 fully saturated rings. The summed E-state index contributed by atoms with van der Waals surface area (Å²) in [5, 5.41) is 1.68. The lowest BCUT2D eigenvalue weighted by Crippen LogP contribution is -2.37. The fourth-order valence-corrected chi connectivity index (χ4v) is 0.644. The van der Waals surface area contributed by atoms with Crippen molar-refractivity contribution in [1.82, 2.24) is 14.9 Å². The van der Waals surface area contributed by atoms with Gasteiger partial charge >= 0.3 is 12.1 Å². The van der Waals surface area contributed by atoms with Gasteiger partial charge in [0.25, 0.3) is 0 Å². The number of alkyl halides is 3. The molecule has 0 aliphatic heterocycles. The van der Waals surface area contributed by atoms with Gasteiger partial charge in [-0.05, 0) is 0 Å². The van der Waals surface area contributed by atoms with Crippen molar-refractivity contribution in [2.45, 2.75) is 12.8 Å². The zero-order chi connectivity index (χ0) is 9.90. The molecule has 0 atom stereocenters. The van der Waals surface area contributed by atoms with Crippen LogP contribution >= 0.6 is 0 Å². The Balaban J connectivity index is 2.40. The fraction of sp³-hybridized carbons (Fsp3) is 0.333. The number of hydrogen-bond donors (Lipinski definition) is 1. The van der Waals surface area contributed by atoms with Gasteiger partial charge in [-0.1, -0.05) is 0 Å². The van der Waals surface area contributed by atoms with Gasteiger partial charge < -0.3 is 9.88 Å². The maximum Gasteiger partial charge on any atom is 0.471 e. The molecule has 1 amide bonds. The molecule has 1 N–H and O–H groups in total. The third-order valence-electron chi connectivity index (χ3n) is 1.24. The van der Waals surface area contributed by atoms with Crippen LogP contribution in [0.1, 0.15) is 0 Å². The van der Waals surface area contributed by atoms with Crippen LogP contribution < -0.4 is 5.32 Å². The Morgan fingerprint density at radius 1 is 1.54 bits per heavy atom. The van der Waals surface area contributed by atoms with Gasteiger partial charge in [-0.15, -0.1) is 0 Å². The van der Waals surface area contributed by atoms with Crippen molar-refractivity contribution < 1.29 is 18.0 Å². The highest BCUT2D eigenvalue weighted by Crippen LogP contribution is 2.13. The number of imidazole rings is 1. The van der Waals surface area contributed by atoms with Crippen LogP contribution in [0.15, 0.2) is 18.7 Å². The largest absolute Gasteiger partial charge is 0.471 e. The van der Waals surface area contributed by atoms with Crippen LogP contribution in [-0.4, -0.2) is 21.6 Å². The molecule has 1 aromatic heterocycles. The topological polar surface area (TPSA) is 46.9 Å². The van der Waals surface area contributed by atoms with E-state index in [4.69, 9.17) is 0 Å². The summed E-state index contributed by atoms with van der Waals surface area (Å²) in [6, 6.07) is 0. The lowest BCUT2D eigenvalue weighted by Gasteiger charge is -2.07. The van der Waals surface area contributed by atoms with Crippen LogP contribution in [0.25, 0.3) is 0 Å². The highest BCUT2D eigenvalue weighted by atomic mass is 19.4. The van der Waals surface area contributed by atoms with E-state index in [1.165, 1.54) is 23.3 Å². The van der Waals surface area contributed by atoms with Gasteiger partial charge in [0.15, 0.2) is 0 Å². The molecule has 0 saturated heterocycles. The molecular weight excluding hydrogens is 187 g/mol. The SMILES string of the molecule is O=C(NCn1ccnc1)C(F)(F)F. The van der Waals surface area contributed by atoms with E-state index in [1.54, 1.807) is 5.32 Å². The van der Waals surface area contributed by atoms with Gasteiger partial charge in [-0.3, -0.25) is 4.79 Å². The Kier molecular flexibility index (Phi) is 2.54. The molecule has 0 saturated carbocycles. The quantitative estimate of drug-likeness (QED) is 0.744. The summed E-state index contributed by atoms with van der Waals surface area (Å²) in [5.41, 5.74) is 0. The van der Waals surface area contributed by atoms with Crippen LogP contribution in [0.4, 0.5) is 13.2 Å². The van der Waals surface area contributed by atoms with E-state index in [9.17, 15) is 18.0 Å². The van der Waals surface area contributed by atoms with Crippen molar-refractivity contribution in [3.63, 3.8) is 0 Å². The van der Waals surface area contributed by atoms with E-state index in [2.05, 4.69) is 4.98 Å². The number of amides is 1. The second kappa shape index (κ2) is 3.46. The predicted molar refractivity (Wildman–Crippen MR) is 36.4 cm³/mol. The summed E-state index contributed by atoms with van der Waals surface area (Å²) in [4.78, 5) is 13.9. The maximum absolute atomic E-state index is 11.6. The molecule has 1 heterocycles. The smallest absolute Gasteiger partial charge is 0.330 e. The van der Waals surface area contributed by atoms with Gasteiger partial charge in [0.2, 0.25) is 0 Å². The first-order chi connectivity index (χ1) is 6.00. The van der Waals surface area contributed by atoms with E-state index in [0.29, 0.717) is 0 Å². The van der Waals surface area contributed by atoms with Gasteiger partial charge in [0.1, 0.15) is 0 Å². The van der Waals surface area contributed by atoms with Gasteiger partial charge in [0.05, 0.1) is 13.0 Å². The molecule has 0 bridgehead atoms. The second-order valence-corrected chi connectivity index (χ2v) is 2.24. The minimum atomic E-state index is -4.83. The molecule has 4 nitrogen and oxygen atoms in total. The lowest BCUT2D eigenvalue weighted by molar-refractivity contribution is -0.174. The standard InChI is InChI=1S/C6H6F3N3O/c7-6(8,9)5(13)11-4-12-2-1-10-3-12/h1-3H,4H2,(H,11,13). The summed E-state index contributed by atoms with van der Waals surface area (Å²) in [5.74, 6) is -1.96. The third-order valence-corrected chi connectivity index (χ3v) is 1.24. The van der Waals surface area contributed by atoms with Crippen molar-refractivity contribution in [2.75, 3.05) is 0 Å². The maximum atomic E-state index is 11.6. The second-order valence-electron chi connectivity index (χ2n) is 2.24. The van der Waals surface area contributed by atoms with Gasteiger partial charge in [-0.25, -0.2) is 4.98 Å². The molecule has 72 valence electrons. The summed E-state index contributed by atoms with van der Waals surface area (Å²) in [6.45, 7) is -0.238.